The number of carbonyl (C=O) groups excluding carboxylic acids is 4. The number of fused-ring (bicyclic) bond motifs is 1. The molecule has 152 valence electrons. The predicted molar refractivity (Wildman–Crippen MR) is 116 cm³/mol. The van der Waals surface area contributed by atoms with Gasteiger partial charge in [0, 0.05) is 34.8 Å². The van der Waals surface area contributed by atoms with E-state index in [9.17, 15) is 19.2 Å². The van der Waals surface area contributed by atoms with E-state index >= 15 is 0 Å². The van der Waals surface area contributed by atoms with Crippen LogP contribution in [-0.2, 0) is 9.59 Å². The van der Waals surface area contributed by atoms with Gasteiger partial charge < -0.3 is 0 Å². The Morgan fingerprint density at radius 1 is 0.438 bits per heavy atom. The Hall–Kier alpha value is -3.92. The molecule has 0 saturated carbocycles. The van der Waals surface area contributed by atoms with Crippen LogP contribution >= 0.6 is 0 Å². The highest BCUT2D eigenvalue weighted by Gasteiger charge is 2.60. The van der Waals surface area contributed by atoms with Gasteiger partial charge in [-0.15, -0.1) is 0 Å². The van der Waals surface area contributed by atoms with Crippen LogP contribution in [0.4, 0.5) is 0 Å². The molecule has 3 aromatic carbocycles. The van der Waals surface area contributed by atoms with Crippen LogP contribution in [0.2, 0.25) is 0 Å². The SMILES string of the molecule is O=C1C2=C(C(=O)c3ccccc31)C(=O)C1C3c4ccccc4C(c4ccccc43)C1C2=O. The van der Waals surface area contributed by atoms with Gasteiger partial charge in [0.15, 0.2) is 23.1 Å². The van der Waals surface area contributed by atoms with Gasteiger partial charge in [-0.3, -0.25) is 19.2 Å². The monoisotopic (exact) mass is 416 g/mol. The number of hydrogen-bond donors (Lipinski definition) is 0. The number of carbonyl (C=O) groups is 4. The molecule has 5 aliphatic rings. The first kappa shape index (κ1) is 17.7. The van der Waals surface area contributed by atoms with Gasteiger partial charge in [0.1, 0.15) is 0 Å². The first-order valence-electron chi connectivity index (χ1n) is 10.8. The summed E-state index contributed by atoms with van der Waals surface area (Å²) in [4.78, 5) is 54.5. The molecule has 0 N–H and O–H groups in total. The van der Waals surface area contributed by atoms with E-state index < -0.39 is 23.4 Å². The molecule has 4 nitrogen and oxygen atoms in total. The lowest BCUT2D eigenvalue weighted by atomic mass is 9.49. The molecule has 0 heterocycles. The smallest absolute Gasteiger partial charge is 0.198 e. The average Bonchev–Trinajstić information content (AvgIpc) is 2.84. The van der Waals surface area contributed by atoms with Crippen LogP contribution in [0.5, 0.6) is 0 Å². The summed E-state index contributed by atoms with van der Waals surface area (Å²) in [6.07, 6.45) is 0. The number of allylic oxidation sites excluding steroid dienone is 2. The number of ketones is 4. The van der Waals surface area contributed by atoms with Crippen molar-refractivity contribution in [3.63, 3.8) is 0 Å². The lowest BCUT2D eigenvalue weighted by Gasteiger charge is -2.51. The van der Waals surface area contributed by atoms with E-state index in [1.165, 1.54) is 0 Å². The first-order valence-corrected chi connectivity index (χ1v) is 10.8. The zero-order chi connectivity index (χ0) is 21.7. The fraction of sp³-hybridized carbons (Fsp3) is 0.143. The molecule has 0 amide bonds. The van der Waals surface area contributed by atoms with Gasteiger partial charge in [0.05, 0.1) is 11.1 Å². The molecular formula is C28H16O4. The molecule has 0 fully saturated rings. The molecule has 2 atom stereocenters. The summed E-state index contributed by atoms with van der Waals surface area (Å²) in [6.45, 7) is 0. The van der Waals surface area contributed by atoms with Crippen LogP contribution in [0.1, 0.15) is 54.8 Å². The van der Waals surface area contributed by atoms with Gasteiger partial charge >= 0.3 is 0 Å². The molecule has 5 aliphatic carbocycles. The second-order valence-corrected chi connectivity index (χ2v) is 8.95. The van der Waals surface area contributed by atoms with Crippen molar-refractivity contribution in [2.45, 2.75) is 11.8 Å². The highest BCUT2D eigenvalue weighted by molar-refractivity contribution is 6.45. The standard InChI is InChI=1S/C28H16O4/c29-25-17-11-5-6-12-18(17)26(30)24-23(25)27(31)21-19-13-7-1-2-8-14(13)20(22(21)28(24)32)16-10-4-3-9-15(16)19/h1-12,19-22H. The van der Waals surface area contributed by atoms with Crippen molar-refractivity contribution in [3.05, 3.63) is 117 Å². The van der Waals surface area contributed by atoms with Gasteiger partial charge in [0.2, 0.25) is 0 Å². The van der Waals surface area contributed by atoms with E-state index in [1.807, 2.05) is 48.5 Å². The molecular weight excluding hydrogens is 400 g/mol. The molecule has 0 spiro atoms. The summed E-state index contributed by atoms with van der Waals surface area (Å²) in [5.41, 5.74) is 4.16. The third-order valence-corrected chi connectivity index (χ3v) is 7.66. The van der Waals surface area contributed by atoms with Crippen molar-refractivity contribution in [2.75, 3.05) is 0 Å². The summed E-state index contributed by atoms with van der Waals surface area (Å²) in [7, 11) is 0. The van der Waals surface area contributed by atoms with Crippen LogP contribution in [0.15, 0.2) is 83.9 Å². The van der Waals surface area contributed by atoms with Crippen molar-refractivity contribution >= 4 is 23.1 Å². The Balaban J connectivity index is 1.51. The average molecular weight is 416 g/mol. The van der Waals surface area contributed by atoms with Crippen LogP contribution in [0.25, 0.3) is 0 Å². The van der Waals surface area contributed by atoms with E-state index in [4.69, 9.17) is 0 Å². The van der Waals surface area contributed by atoms with Gasteiger partial charge in [-0.2, -0.15) is 0 Å². The van der Waals surface area contributed by atoms with Crippen molar-refractivity contribution in [1.82, 2.24) is 0 Å². The highest BCUT2D eigenvalue weighted by Crippen LogP contribution is 2.61. The Kier molecular flexibility index (Phi) is 3.24. The lowest BCUT2D eigenvalue weighted by molar-refractivity contribution is -0.132. The van der Waals surface area contributed by atoms with Crippen molar-refractivity contribution < 1.29 is 19.2 Å². The summed E-state index contributed by atoms with van der Waals surface area (Å²) >= 11 is 0. The number of hydrogen-bond acceptors (Lipinski definition) is 4. The van der Waals surface area contributed by atoms with E-state index in [2.05, 4.69) is 0 Å². The predicted octanol–water partition coefficient (Wildman–Crippen LogP) is 4.04. The van der Waals surface area contributed by atoms with E-state index in [0.717, 1.165) is 22.3 Å². The van der Waals surface area contributed by atoms with E-state index in [-0.39, 0.29) is 45.7 Å². The van der Waals surface area contributed by atoms with Gasteiger partial charge in [0.25, 0.3) is 0 Å². The number of benzene rings is 3. The summed E-state index contributed by atoms with van der Waals surface area (Å²) < 4.78 is 0. The minimum Gasteiger partial charge on any atom is -0.294 e. The second kappa shape index (κ2) is 5.86. The number of Topliss-reactive ketones (excluding diaryl/α,β-unsaturated/α-hetero) is 4. The summed E-state index contributed by atoms with van der Waals surface area (Å²) in [5, 5.41) is 0. The Morgan fingerprint density at radius 3 is 1.09 bits per heavy atom. The molecule has 0 aromatic heterocycles. The van der Waals surface area contributed by atoms with Gasteiger partial charge in [-0.25, -0.2) is 0 Å². The van der Waals surface area contributed by atoms with E-state index in [1.54, 1.807) is 24.3 Å². The van der Waals surface area contributed by atoms with Crippen LogP contribution in [0, 0.1) is 11.8 Å². The maximum atomic E-state index is 13.9. The molecule has 2 bridgehead atoms. The second-order valence-electron chi connectivity index (χ2n) is 8.95. The fourth-order valence-electron chi connectivity index (χ4n) is 6.49. The highest BCUT2D eigenvalue weighted by atomic mass is 16.2. The molecule has 0 saturated heterocycles. The Bertz CT molecular complexity index is 1320. The van der Waals surface area contributed by atoms with Crippen LogP contribution in [0.3, 0.4) is 0 Å². The molecule has 32 heavy (non-hydrogen) atoms. The van der Waals surface area contributed by atoms with Crippen LogP contribution < -0.4 is 0 Å². The maximum Gasteiger partial charge on any atom is 0.198 e. The molecule has 4 heteroatoms. The maximum absolute atomic E-state index is 13.9. The topological polar surface area (TPSA) is 68.3 Å². The van der Waals surface area contributed by atoms with Crippen molar-refractivity contribution in [1.29, 1.82) is 0 Å². The van der Waals surface area contributed by atoms with Crippen molar-refractivity contribution in [2.24, 2.45) is 11.8 Å². The zero-order valence-corrected chi connectivity index (χ0v) is 16.9. The quantitative estimate of drug-likeness (QED) is 0.519. The molecule has 0 radical (unpaired) electrons. The molecule has 2 unspecified atom stereocenters. The normalized spacial score (nSPS) is 26.9. The van der Waals surface area contributed by atoms with Gasteiger partial charge in [-0.1, -0.05) is 72.8 Å². The number of rotatable bonds is 0. The van der Waals surface area contributed by atoms with Gasteiger partial charge in [-0.05, 0) is 22.3 Å². The third kappa shape index (κ3) is 1.89. The molecule has 8 rings (SSSR count). The van der Waals surface area contributed by atoms with E-state index in [0.29, 0.717) is 0 Å². The Labute approximate surface area is 183 Å². The minimum absolute atomic E-state index is 0.206. The fourth-order valence-corrected chi connectivity index (χ4v) is 6.49. The van der Waals surface area contributed by atoms with Crippen LogP contribution in [-0.4, -0.2) is 23.1 Å². The zero-order valence-electron chi connectivity index (χ0n) is 16.9. The first-order chi connectivity index (χ1) is 15.6. The summed E-state index contributed by atoms with van der Waals surface area (Å²) in [5.74, 6) is -3.68. The lowest BCUT2D eigenvalue weighted by Crippen LogP contribution is -2.53. The summed E-state index contributed by atoms with van der Waals surface area (Å²) in [6, 6.07) is 22.3. The largest absolute Gasteiger partial charge is 0.294 e. The molecule has 0 aliphatic heterocycles. The van der Waals surface area contributed by atoms with Crippen molar-refractivity contribution in [3.8, 4) is 0 Å². The minimum atomic E-state index is -0.668. The molecule has 3 aromatic rings. The third-order valence-electron chi connectivity index (χ3n) is 7.66. The Morgan fingerprint density at radius 2 is 0.750 bits per heavy atom.